The van der Waals surface area contributed by atoms with Crippen LogP contribution >= 0.6 is 0 Å². The lowest BCUT2D eigenvalue weighted by molar-refractivity contribution is 0.0398. The zero-order valence-corrected chi connectivity index (χ0v) is 11.2. The summed E-state index contributed by atoms with van der Waals surface area (Å²) in [5.74, 6) is -0.0234. The predicted octanol–water partition coefficient (Wildman–Crippen LogP) is 1.48. The van der Waals surface area contributed by atoms with Gasteiger partial charge in [0, 0.05) is 18.0 Å². The highest BCUT2D eigenvalue weighted by Gasteiger charge is 2.25. The molecular formula is C14H23NO3. The number of hydrogen-bond acceptors (Lipinski definition) is 4. The van der Waals surface area contributed by atoms with E-state index in [1.54, 1.807) is 39.0 Å². The molecule has 1 rings (SSSR count). The molecule has 0 aliphatic carbocycles. The van der Waals surface area contributed by atoms with Crippen LogP contribution in [0.2, 0.25) is 0 Å². The fraction of sp³-hybridized carbons (Fsp3) is 0.571. The van der Waals surface area contributed by atoms with Crippen LogP contribution in [0.15, 0.2) is 18.2 Å². The summed E-state index contributed by atoms with van der Waals surface area (Å²) in [5, 5.41) is 29.3. The van der Waals surface area contributed by atoms with Gasteiger partial charge in [-0.05, 0) is 38.8 Å². The molecule has 0 fully saturated rings. The highest BCUT2D eigenvalue weighted by molar-refractivity contribution is 5.37. The molecule has 2 unspecified atom stereocenters. The largest absolute Gasteiger partial charge is 0.508 e. The molecular weight excluding hydrogens is 230 g/mol. The summed E-state index contributed by atoms with van der Waals surface area (Å²) in [6.07, 6.45) is -0.133. The van der Waals surface area contributed by atoms with Crippen molar-refractivity contribution in [2.45, 2.75) is 51.4 Å². The second-order valence-corrected chi connectivity index (χ2v) is 5.46. The number of benzene rings is 1. The van der Waals surface area contributed by atoms with Crippen LogP contribution in [0.1, 0.15) is 44.2 Å². The van der Waals surface area contributed by atoms with Crippen LogP contribution in [-0.2, 0) is 6.54 Å². The fourth-order valence-electron chi connectivity index (χ4n) is 2.10. The first-order valence-electron chi connectivity index (χ1n) is 6.17. The zero-order chi connectivity index (χ0) is 13.9. The van der Waals surface area contributed by atoms with E-state index in [1.807, 2.05) is 0 Å². The van der Waals surface area contributed by atoms with Crippen LogP contribution in [0.5, 0.6) is 5.75 Å². The van der Waals surface area contributed by atoms with E-state index >= 15 is 0 Å². The fourth-order valence-corrected chi connectivity index (χ4v) is 2.10. The van der Waals surface area contributed by atoms with E-state index in [-0.39, 0.29) is 18.2 Å². The lowest BCUT2D eigenvalue weighted by Gasteiger charge is -2.28. The Morgan fingerprint density at radius 3 is 2.39 bits per heavy atom. The molecule has 102 valence electrons. The molecule has 0 saturated carbocycles. The summed E-state index contributed by atoms with van der Waals surface area (Å²) in [5.41, 5.74) is 6.22. The van der Waals surface area contributed by atoms with Crippen molar-refractivity contribution in [1.82, 2.24) is 0 Å². The Morgan fingerprint density at radius 1 is 1.33 bits per heavy atom. The van der Waals surface area contributed by atoms with Crippen LogP contribution in [0, 0.1) is 0 Å². The number of phenols is 1. The minimum Gasteiger partial charge on any atom is -0.508 e. The molecule has 0 aliphatic rings. The number of rotatable bonds is 5. The van der Waals surface area contributed by atoms with Crippen molar-refractivity contribution >= 4 is 0 Å². The third kappa shape index (κ3) is 3.98. The van der Waals surface area contributed by atoms with E-state index in [4.69, 9.17) is 5.73 Å². The van der Waals surface area contributed by atoms with Gasteiger partial charge in [0.25, 0.3) is 0 Å². The summed E-state index contributed by atoms with van der Waals surface area (Å²) >= 11 is 0. The molecule has 0 spiro atoms. The minimum absolute atomic E-state index is 0.161. The molecule has 4 nitrogen and oxygen atoms in total. The average molecular weight is 253 g/mol. The third-order valence-corrected chi connectivity index (χ3v) is 3.05. The molecule has 0 aromatic heterocycles. The molecule has 1 aromatic rings. The number of aliphatic hydroxyl groups excluding tert-OH is 1. The van der Waals surface area contributed by atoms with Crippen molar-refractivity contribution in [3.05, 3.63) is 29.3 Å². The van der Waals surface area contributed by atoms with E-state index in [2.05, 4.69) is 0 Å². The van der Waals surface area contributed by atoms with Crippen LogP contribution in [-0.4, -0.2) is 27.0 Å². The van der Waals surface area contributed by atoms with Crippen LogP contribution in [0.25, 0.3) is 0 Å². The van der Waals surface area contributed by atoms with Crippen LogP contribution in [0.3, 0.4) is 0 Å². The van der Waals surface area contributed by atoms with Gasteiger partial charge in [-0.2, -0.15) is 0 Å². The lowest BCUT2D eigenvalue weighted by Crippen LogP contribution is -2.27. The highest BCUT2D eigenvalue weighted by Crippen LogP contribution is 2.31. The Hall–Kier alpha value is -1.10. The van der Waals surface area contributed by atoms with Gasteiger partial charge < -0.3 is 21.1 Å². The first-order valence-corrected chi connectivity index (χ1v) is 6.17. The molecule has 4 heteroatoms. The van der Waals surface area contributed by atoms with Crippen molar-refractivity contribution in [2.24, 2.45) is 5.73 Å². The number of aliphatic hydroxyl groups is 2. The third-order valence-electron chi connectivity index (χ3n) is 3.05. The monoisotopic (exact) mass is 253 g/mol. The van der Waals surface area contributed by atoms with Crippen molar-refractivity contribution in [3.8, 4) is 5.75 Å². The van der Waals surface area contributed by atoms with Gasteiger partial charge in [-0.3, -0.25) is 0 Å². The SMILES string of the molecule is CC(O)C(CC(C)(C)O)c1ccc(O)c(CN)c1. The first kappa shape index (κ1) is 15.0. The maximum absolute atomic E-state index is 9.89. The van der Waals surface area contributed by atoms with Crippen molar-refractivity contribution in [3.63, 3.8) is 0 Å². The minimum atomic E-state index is -0.859. The lowest BCUT2D eigenvalue weighted by atomic mass is 9.84. The first-order chi connectivity index (χ1) is 8.24. The average Bonchev–Trinajstić information content (AvgIpc) is 2.25. The maximum Gasteiger partial charge on any atom is 0.120 e. The Bertz CT molecular complexity index is 397. The van der Waals surface area contributed by atoms with E-state index in [1.165, 1.54) is 0 Å². The van der Waals surface area contributed by atoms with Crippen molar-refractivity contribution in [1.29, 1.82) is 0 Å². The second-order valence-electron chi connectivity index (χ2n) is 5.46. The van der Waals surface area contributed by atoms with E-state index in [0.29, 0.717) is 12.0 Å². The van der Waals surface area contributed by atoms with Crippen molar-refractivity contribution < 1.29 is 15.3 Å². The summed E-state index contributed by atoms with van der Waals surface area (Å²) in [7, 11) is 0. The summed E-state index contributed by atoms with van der Waals surface area (Å²) in [6, 6.07) is 5.13. The highest BCUT2D eigenvalue weighted by atomic mass is 16.3. The smallest absolute Gasteiger partial charge is 0.120 e. The molecule has 0 amide bonds. The van der Waals surface area contributed by atoms with Gasteiger partial charge in [0.2, 0.25) is 0 Å². The normalized spacial score (nSPS) is 15.4. The standard InChI is InChI=1S/C14H23NO3/c1-9(16)12(7-14(2,3)18)10-4-5-13(17)11(6-10)8-15/h4-6,9,12,16-18H,7-8,15H2,1-3H3. The molecule has 0 saturated heterocycles. The van der Waals surface area contributed by atoms with E-state index in [0.717, 1.165) is 5.56 Å². The number of phenolic OH excluding ortho intramolecular Hbond substituents is 1. The van der Waals surface area contributed by atoms with Gasteiger partial charge in [0.15, 0.2) is 0 Å². The Morgan fingerprint density at radius 2 is 1.94 bits per heavy atom. The van der Waals surface area contributed by atoms with E-state index in [9.17, 15) is 15.3 Å². The molecule has 18 heavy (non-hydrogen) atoms. The number of aromatic hydroxyl groups is 1. The second kappa shape index (κ2) is 5.69. The Balaban J connectivity index is 3.06. The molecule has 0 aliphatic heterocycles. The molecule has 5 N–H and O–H groups in total. The van der Waals surface area contributed by atoms with Gasteiger partial charge in [-0.25, -0.2) is 0 Å². The quantitative estimate of drug-likeness (QED) is 0.640. The topological polar surface area (TPSA) is 86.7 Å². The number of nitrogens with two attached hydrogens (primary N) is 1. The maximum atomic E-state index is 9.89. The molecule has 0 heterocycles. The predicted molar refractivity (Wildman–Crippen MR) is 71.3 cm³/mol. The van der Waals surface area contributed by atoms with Crippen LogP contribution in [0.4, 0.5) is 0 Å². The van der Waals surface area contributed by atoms with Gasteiger partial charge in [-0.15, -0.1) is 0 Å². The Labute approximate surface area is 108 Å². The van der Waals surface area contributed by atoms with Gasteiger partial charge >= 0.3 is 0 Å². The van der Waals surface area contributed by atoms with Gasteiger partial charge in [0.1, 0.15) is 5.75 Å². The van der Waals surface area contributed by atoms with Crippen LogP contribution < -0.4 is 5.73 Å². The summed E-state index contributed by atoms with van der Waals surface area (Å²) in [4.78, 5) is 0. The summed E-state index contributed by atoms with van der Waals surface area (Å²) < 4.78 is 0. The van der Waals surface area contributed by atoms with E-state index < -0.39 is 11.7 Å². The summed E-state index contributed by atoms with van der Waals surface area (Å²) in [6.45, 7) is 5.37. The van der Waals surface area contributed by atoms with Crippen molar-refractivity contribution in [2.75, 3.05) is 0 Å². The zero-order valence-electron chi connectivity index (χ0n) is 11.2. The number of hydrogen-bond donors (Lipinski definition) is 4. The Kier molecular flexibility index (Phi) is 4.73. The molecule has 1 aromatic carbocycles. The van der Waals surface area contributed by atoms with Gasteiger partial charge in [0.05, 0.1) is 11.7 Å². The molecule has 0 bridgehead atoms. The van der Waals surface area contributed by atoms with Gasteiger partial charge in [-0.1, -0.05) is 12.1 Å². The molecule has 2 atom stereocenters. The molecule has 0 radical (unpaired) electrons.